The number of fused-ring (bicyclic) bond motifs is 5. The summed E-state index contributed by atoms with van der Waals surface area (Å²) in [6.45, 7) is -1.39. The molecule has 5 rings (SSSR count). The van der Waals surface area contributed by atoms with E-state index in [2.05, 4.69) is 15.1 Å². The van der Waals surface area contributed by atoms with E-state index in [4.69, 9.17) is 16.3 Å². The summed E-state index contributed by atoms with van der Waals surface area (Å²) < 4.78 is 49.7. The molecule has 3 aromatic rings. The van der Waals surface area contributed by atoms with Crippen LogP contribution in [-0.4, -0.2) is 56.2 Å². The van der Waals surface area contributed by atoms with E-state index < -0.39 is 36.7 Å². The molecule has 0 aliphatic carbocycles. The standard InChI is InChI=1S/C18H13ClF3N5O2/c19-16-11-5-23-27-12-2-1-10(20)4-13(12)29-7-15(28)26-6-9(18(21,22)8-26)3-14(24-16)25-17(11)27/h1-2,4-5,9H,3,6-8H2. The number of hydrogen-bond acceptors (Lipinski definition) is 5. The number of alkyl halides is 2. The van der Waals surface area contributed by atoms with E-state index in [-0.39, 0.29) is 35.3 Å². The smallest absolute Gasteiger partial charge is 0.270 e. The van der Waals surface area contributed by atoms with Gasteiger partial charge in [-0.05, 0) is 12.1 Å². The molecule has 0 N–H and O–H groups in total. The maximum Gasteiger partial charge on any atom is 0.270 e. The molecule has 4 bridgehead atoms. The minimum absolute atomic E-state index is 0.0291. The molecule has 1 amide bonds. The molecule has 7 nitrogen and oxygen atoms in total. The molecule has 2 aromatic heterocycles. The van der Waals surface area contributed by atoms with Crippen molar-refractivity contribution in [3.63, 3.8) is 0 Å². The number of nitrogens with zero attached hydrogens (tertiary/aromatic N) is 5. The molecule has 2 aliphatic heterocycles. The van der Waals surface area contributed by atoms with Crippen LogP contribution >= 0.6 is 11.6 Å². The van der Waals surface area contributed by atoms with E-state index in [1.807, 2.05) is 0 Å². The third-order valence-corrected chi connectivity index (χ3v) is 5.44. The van der Waals surface area contributed by atoms with Crippen molar-refractivity contribution in [1.29, 1.82) is 0 Å². The lowest BCUT2D eigenvalue weighted by atomic mass is 10.0. The van der Waals surface area contributed by atoms with Gasteiger partial charge in [0.1, 0.15) is 28.2 Å². The van der Waals surface area contributed by atoms with Crippen LogP contribution in [0.5, 0.6) is 5.75 Å². The van der Waals surface area contributed by atoms with Gasteiger partial charge >= 0.3 is 0 Å². The van der Waals surface area contributed by atoms with Gasteiger partial charge in [-0.2, -0.15) is 5.10 Å². The monoisotopic (exact) mass is 423 g/mol. The quantitative estimate of drug-likeness (QED) is 0.520. The van der Waals surface area contributed by atoms with Gasteiger partial charge in [-0.1, -0.05) is 11.6 Å². The fourth-order valence-corrected chi connectivity index (χ4v) is 3.90. The molecule has 150 valence electrons. The average molecular weight is 424 g/mol. The summed E-state index contributed by atoms with van der Waals surface area (Å²) in [5, 5.41) is 4.71. The zero-order chi connectivity index (χ0) is 20.3. The molecule has 4 heterocycles. The van der Waals surface area contributed by atoms with Crippen LogP contribution in [0.1, 0.15) is 5.82 Å². The first-order valence-corrected chi connectivity index (χ1v) is 9.18. The molecule has 1 saturated heterocycles. The van der Waals surface area contributed by atoms with Crippen molar-refractivity contribution >= 4 is 28.5 Å². The predicted molar refractivity (Wildman–Crippen MR) is 95.8 cm³/mol. The first kappa shape index (κ1) is 18.2. The van der Waals surface area contributed by atoms with E-state index in [0.717, 1.165) is 11.0 Å². The SMILES string of the molecule is O=C1COc2cc(F)ccc2-n2ncc3c(Cl)nc(nc32)CC2CN1CC2(F)F. The van der Waals surface area contributed by atoms with Crippen molar-refractivity contribution in [3.8, 4) is 11.4 Å². The Bertz CT molecular complexity index is 1150. The number of carbonyl (C=O) groups is 1. The maximum absolute atomic E-state index is 14.5. The van der Waals surface area contributed by atoms with Gasteiger partial charge in [0.25, 0.3) is 11.8 Å². The summed E-state index contributed by atoms with van der Waals surface area (Å²) in [6, 6.07) is 3.74. The summed E-state index contributed by atoms with van der Waals surface area (Å²) in [6.07, 6.45) is 1.27. The Labute approximate surface area is 167 Å². The molecular formula is C18H13ClF3N5O2. The van der Waals surface area contributed by atoms with Crippen LogP contribution in [0, 0.1) is 11.7 Å². The van der Waals surface area contributed by atoms with E-state index in [9.17, 15) is 18.0 Å². The van der Waals surface area contributed by atoms with Gasteiger partial charge < -0.3 is 9.64 Å². The number of amides is 1. The summed E-state index contributed by atoms with van der Waals surface area (Å²) in [7, 11) is 0. The lowest BCUT2D eigenvalue weighted by molar-refractivity contribution is -0.133. The molecular weight excluding hydrogens is 411 g/mol. The van der Waals surface area contributed by atoms with Gasteiger partial charge in [-0.25, -0.2) is 27.8 Å². The third-order valence-electron chi connectivity index (χ3n) is 5.15. The van der Waals surface area contributed by atoms with Gasteiger partial charge in [0, 0.05) is 24.9 Å². The van der Waals surface area contributed by atoms with E-state index >= 15 is 0 Å². The van der Waals surface area contributed by atoms with Gasteiger partial charge in [0.15, 0.2) is 12.3 Å². The van der Waals surface area contributed by atoms with E-state index in [1.54, 1.807) is 0 Å². The molecule has 2 aliphatic rings. The highest BCUT2D eigenvalue weighted by Crippen LogP contribution is 2.36. The van der Waals surface area contributed by atoms with Crippen LogP contribution in [0.4, 0.5) is 13.2 Å². The Morgan fingerprint density at radius 3 is 2.93 bits per heavy atom. The van der Waals surface area contributed by atoms with Crippen molar-refractivity contribution in [2.45, 2.75) is 12.3 Å². The molecule has 1 aromatic carbocycles. The zero-order valence-electron chi connectivity index (χ0n) is 14.8. The fourth-order valence-electron chi connectivity index (χ4n) is 3.66. The number of hydrogen-bond donors (Lipinski definition) is 0. The number of halogens is 4. The van der Waals surface area contributed by atoms with Crippen LogP contribution < -0.4 is 4.74 Å². The van der Waals surface area contributed by atoms with Crippen LogP contribution in [-0.2, 0) is 11.2 Å². The highest BCUT2D eigenvalue weighted by molar-refractivity contribution is 6.33. The Kier molecular flexibility index (Phi) is 3.95. The maximum atomic E-state index is 14.5. The minimum Gasteiger partial charge on any atom is -0.481 e. The molecule has 0 radical (unpaired) electrons. The van der Waals surface area contributed by atoms with Crippen molar-refractivity contribution in [3.05, 3.63) is 41.2 Å². The van der Waals surface area contributed by atoms with Gasteiger partial charge in [-0.3, -0.25) is 4.79 Å². The number of carbonyl (C=O) groups excluding carboxylic acids is 1. The fraction of sp³-hybridized carbons (Fsp3) is 0.333. The third kappa shape index (κ3) is 2.98. The molecule has 11 heteroatoms. The summed E-state index contributed by atoms with van der Waals surface area (Å²) in [4.78, 5) is 22.0. The summed E-state index contributed by atoms with van der Waals surface area (Å²) in [5.74, 6) is -5.31. The Balaban J connectivity index is 1.72. The van der Waals surface area contributed by atoms with Crippen LogP contribution in [0.2, 0.25) is 5.15 Å². The topological polar surface area (TPSA) is 73.1 Å². The zero-order valence-corrected chi connectivity index (χ0v) is 15.5. The molecule has 1 unspecified atom stereocenters. The predicted octanol–water partition coefficient (Wildman–Crippen LogP) is 2.64. The molecule has 1 atom stereocenters. The number of ether oxygens (including phenoxy) is 1. The first-order valence-electron chi connectivity index (χ1n) is 8.80. The van der Waals surface area contributed by atoms with Crippen LogP contribution in [0.15, 0.2) is 24.4 Å². The highest BCUT2D eigenvalue weighted by atomic mass is 35.5. The van der Waals surface area contributed by atoms with Crippen molar-refractivity contribution in [2.24, 2.45) is 5.92 Å². The molecule has 29 heavy (non-hydrogen) atoms. The van der Waals surface area contributed by atoms with E-state index in [1.165, 1.54) is 23.0 Å². The second-order valence-electron chi connectivity index (χ2n) is 7.06. The Morgan fingerprint density at radius 2 is 2.10 bits per heavy atom. The molecule has 0 saturated carbocycles. The second kappa shape index (κ2) is 6.31. The van der Waals surface area contributed by atoms with Crippen molar-refractivity contribution in [2.75, 3.05) is 19.7 Å². The Morgan fingerprint density at radius 1 is 1.28 bits per heavy atom. The number of rotatable bonds is 0. The number of benzene rings is 1. The van der Waals surface area contributed by atoms with Crippen LogP contribution in [0.3, 0.4) is 0 Å². The van der Waals surface area contributed by atoms with Gasteiger partial charge in [0.05, 0.1) is 18.1 Å². The van der Waals surface area contributed by atoms with Gasteiger partial charge in [-0.15, -0.1) is 0 Å². The normalized spacial score (nSPS) is 20.8. The van der Waals surface area contributed by atoms with Crippen molar-refractivity contribution < 1.29 is 22.7 Å². The number of aromatic nitrogens is 4. The second-order valence-corrected chi connectivity index (χ2v) is 7.42. The van der Waals surface area contributed by atoms with E-state index in [0.29, 0.717) is 11.1 Å². The molecule has 1 fully saturated rings. The summed E-state index contributed by atoms with van der Waals surface area (Å²) >= 11 is 6.23. The lowest BCUT2D eigenvalue weighted by Gasteiger charge is -2.18. The largest absolute Gasteiger partial charge is 0.481 e. The summed E-state index contributed by atoms with van der Waals surface area (Å²) in [5.41, 5.74) is 0.611. The van der Waals surface area contributed by atoms with Gasteiger partial charge in [0.2, 0.25) is 0 Å². The first-order chi connectivity index (χ1) is 13.8. The Hall–Kier alpha value is -2.88. The average Bonchev–Trinajstić information content (AvgIpc) is 3.21. The minimum atomic E-state index is -3.10. The highest BCUT2D eigenvalue weighted by Gasteiger charge is 2.49. The van der Waals surface area contributed by atoms with Crippen LogP contribution in [0.25, 0.3) is 16.7 Å². The lowest BCUT2D eigenvalue weighted by Crippen LogP contribution is -2.35. The van der Waals surface area contributed by atoms with Crippen molar-refractivity contribution in [1.82, 2.24) is 24.6 Å². The molecule has 0 spiro atoms.